The lowest BCUT2D eigenvalue weighted by atomic mass is 10.1. The molecular weight excluding hydrogens is 456 g/mol. The summed E-state index contributed by atoms with van der Waals surface area (Å²) in [5.74, 6) is -1.97. The van der Waals surface area contributed by atoms with Gasteiger partial charge >= 0.3 is 5.97 Å². The first kappa shape index (κ1) is 22.1. The number of anilines is 1. The molecule has 1 fully saturated rings. The zero-order chi connectivity index (χ0) is 22.1. The van der Waals surface area contributed by atoms with Gasteiger partial charge in [0, 0.05) is 17.3 Å². The molecule has 3 N–H and O–H groups in total. The number of rotatable bonds is 6. The van der Waals surface area contributed by atoms with E-state index in [0.29, 0.717) is 6.42 Å². The van der Waals surface area contributed by atoms with Crippen LogP contribution in [-0.2, 0) is 19.9 Å². The molecule has 0 radical (unpaired) electrons. The van der Waals surface area contributed by atoms with Gasteiger partial charge in [0.15, 0.2) is 9.84 Å². The van der Waals surface area contributed by atoms with Crippen LogP contribution in [-0.4, -0.2) is 51.4 Å². The molecule has 0 bridgehead atoms. The van der Waals surface area contributed by atoms with E-state index in [1.165, 1.54) is 36.4 Å². The molecule has 0 aliphatic carbocycles. The Morgan fingerprint density at radius 3 is 2.47 bits per heavy atom. The molecule has 1 aliphatic heterocycles. The Bertz CT molecular complexity index is 1230. The minimum absolute atomic E-state index is 0.00789. The molecule has 1 saturated heterocycles. The number of aromatic carboxylic acids is 1. The van der Waals surface area contributed by atoms with Gasteiger partial charge in [-0.25, -0.2) is 21.6 Å². The van der Waals surface area contributed by atoms with Gasteiger partial charge in [-0.2, -0.15) is 0 Å². The summed E-state index contributed by atoms with van der Waals surface area (Å²) in [4.78, 5) is 23.1. The lowest BCUT2D eigenvalue weighted by Crippen LogP contribution is -2.35. The maximum Gasteiger partial charge on any atom is 0.335 e. The molecule has 160 valence electrons. The number of carbonyl (C=O) groups excluding carboxylic acids is 1. The van der Waals surface area contributed by atoms with Crippen LogP contribution in [0.1, 0.15) is 27.1 Å². The molecule has 0 spiro atoms. The number of sulfonamides is 1. The van der Waals surface area contributed by atoms with Crippen LogP contribution in [0.3, 0.4) is 0 Å². The number of carboxylic acid groups (broad SMARTS) is 1. The SMILES string of the molecule is O=C(O)c1ccc(Cl)c(S(=O)(=O)Nc2cccc(C(=O)N[C@H]3CCS(=O)(=O)C3)c2)c1. The molecule has 2 aromatic rings. The molecular formula is C18H17ClN2O7S2. The highest BCUT2D eigenvalue weighted by atomic mass is 35.5. The third-order valence-corrected chi connectivity index (χ3v) is 8.04. The van der Waals surface area contributed by atoms with Crippen molar-refractivity contribution in [3.8, 4) is 0 Å². The molecule has 12 heteroatoms. The Morgan fingerprint density at radius 1 is 1.10 bits per heavy atom. The molecule has 1 aliphatic rings. The number of nitrogens with one attached hydrogen (secondary N) is 2. The van der Waals surface area contributed by atoms with E-state index in [-0.39, 0.29) is 33.3 Å². The Balaban J connectivity index is 1.80. The molecule has 9 nitrogen and oxygen atoms in total. The molecule has 30 heavy (non-hydrogen) atoms. The number of halogens is 1. The predicted octanol–water partition coefficient (Wildman–Crippen LogP) is 1.76. The van der Waals surface area contributed by atoms with E-state index in [0.717, 1.165) is 6.07 Å². The van der Waals surface area contributed by atoms with Crippen molar-refractivity contribution in [2.24, 2.45) is 0 Å². The van der Waals surface area contributed by atoms with Crippen LogP contribution < -0.4 is 10.0 Å². The topological polar surface area (TPSA) is 147 Å². The van der Waals surface area contributed by atoms with E-state index in [2.05, 4.69) is 10.0 Å². The first-order valence-corrected chi connectivity index (χ1v) is 12.3. The number of benzene rings is 2. The van der Waals surface area contributed by atoms with Crippen molar-refractivity contribution in [3.63, 3.8) is 0 Å². The lowest BCUT2D eigenvalue weighted by molar-refractivity contribution is 0.0696. The van der Waals surface area contributed by atoms with Crippen LogP contribution >= 0.6 is 11.6 Å². The quantitative estimate of drug-likeness (QED) is 0.580. The smallest absolute Gasteiger partial charge is 0.335 e. The van der Waals surface area contributed by atoms with Crippen molar-refractivity contribution in [1.82, 2.24) is 5.32 Å². The number of hydrogen-bond acceptors (Lipinski definition) is 6. The van der Waals surface area contributed by atoms with Gasteiger partial charge in [0.1, 0.15) is 4.90 Å². The second kappa shape index (κ2) is 8.25. The minimum Gasteiger partial charge on any atom is -0.478 e. The molecule has 1 heterocycles. The maximum atomic E-state index is 12.7. The number of amides is 1. The monoisotopic (exact) mass is 472 g/mol. The van der Waals surface area contributed by atoms with Gasteiger partial charge in [-0.15, -0.1) is 0 Å². The second-order valence-electron chi connectivity index (χ2n) is 6.71. The molecule has 0 aromatic heterocycles. The van der Waals surface area contributed by atoms with Gasteiger partial charge in [-0.3, -0.25) is 9.52 Å². The number of carboxylic acids is 1. The average molecular weight is 473 g/mol. The van der Waals surface area contributed by atoms with E-state index in [9.17, 15) is 26.4 Å². The highest BCUT2D eigenvalue weighted by molar-refractivity contribution is 7.93. The zero-order valence-electron chi connectivity index (χ0n) is 15.3. The van der Waals surface area contributed by atoms with Crippen LogP contribution in [0.4, 0.5) is 5.69 Å². The van der Waals surface area contributed by atoms with Crippen molar-refractivity contribution >= 4 is 49.0 Å². The molecule has 2 aromatic carbocycles. The molecule has 3 rings (SSSR count). The van der Waals surface area contributed by atoms with Crippen LogP contribution in [0.25, 0.3) is 0 Å². The summed E-state index contributed by atoms with van der Waals surface area (Å²) in [7, 11) is -7.40. The largest absolute Gasteiger partial charge is 0.478 e. The van der Waals surface area contributed by atoms with Gasteiger partial charge in [-0.1, -0.05) is 17.7 Å². The third kappa shape index (κ3) is 5.10. The van der Waals surface area contributed by atoms with Crippen LogP contribution in [0.5, 0.6) is 0 Å². The summed E-state index contributed by atoms with van der Waals surface area (Å²) in [6, 6.07) is 8.37. The van der Waals surface area contributed by atoms with Gasteiger partial charge < -0.3 is 10.4 Å². The number of hydrogen-bond donors (Lipinski definition) is 3. The van der Waals surface area contributed by atoms with Crippen LogP contribution in [0, 0.1) is 0 Å². The summed E-state index contributed by atoms with van der Waals surface area (Å²) in [6.07, 6.45) is 0.318. The first-order chi connectivity index (χ1) is 14.0. The summed E-state index contributed by atoms with van der Waals surface area (Å²) in [5, 5.41) is 11.5. The summed E-state index contributed by atoms with van der Waals surface area (Å²) in [6.45, 7) is 0. The average Bonchev–Trinajstić information content (AvgIpc) is 2.99. The van der Waals surface area contributed by atoms with Crippen LogP contribution in [0.2, 0.25) is 5.02 Å². The Labute approximate surface area is 178 Å². The van der Waals surface area contributed by atoms with Gasteiger partial charge in [0.25, 0.3) is 15.9 Å². The molecule has 1 atom stereocenters. The highest BCUT2D eigenvalue weighted by Crippen LogP contribution is 2.25. The summed E-state index contributed by atoms with van der Waals surface area (Å²) >= 11 is 5.93. The molecule has 0 unspecified atom stereocenters. The Kier molecular flexibility index (Phi) is 6.06. The predicted molar refractivity (Wildman–Crippen MR) is 110 cm³/mol. The van der Waals surface area contributed by atoms with E-state index in [1.54, 1.807) is 0 Å². The van der Waals surface area contributed by atoms with Gasteiger partial charge in [-0.05, 0) is 42.8 Å². The van der Waals surface area contributed by atoms with E-state index >= 15 is 0 Å². The van der Waals surface area contributed by atoms with E-state index in [1.807, 2.05) is 0 Å². The maximum absolute atomic E-state index is 12.7. The fourth-order valence-corrected chi connectivity index (χ4v) is 6.20. The fraction of sp³-hybridized carbons (Fsp3) is 0.222. The first-order valence-electron chi connectivity index (χ1n) is 8.64. The summed E-state index contributed by atoms with van der Waals surface area (Å²) < 4.78 is 50.7. The van der Waals surface area contributed by atoms with Gasteiger partial charge in [0.2, 0.25) is 0 Å². The minimum atomic E-state index is -4.24. The normalized spacial score (nSPS) is 18.0. The molecule has 1 amide bonds. The van der Waals surface area contributed by atoms with Crippen molar-refractivity contribution in [2.45, 2.75) is 17.4 Å². The zero-order valence-corrected chi connectivity index (χ0v) is 17.7. The van der Waals surface area contributed by atoms with Gasteiger partial charge in [0.05, 0.1) is 22.1 Å². The highest BCUT2D eigenvalue weighted by Gasteiger charge is 2.29. The third-order valence-electron chi connectivity index (χ3n) is 4.41. The number of sulfone groups is 1. The second-order valence-corrected chi connectivity index (χ2v) is 11.0. The standard InChI is InChI=1S/C18H17ClN2O7S2/c19-15-5-4-12(18(23)24)9-16(15)30(27,28)21-13-3-1-2-11(8-13)17(22)20-14-6-7-29(25,26)10-14/h1-5,8-9,14,21H,6-7,10H2,(H,20,22)(H,23,24)/t14-/m0/s1. The lowest BCUT2D eigenvalue weighted by Gasteiger charge is -2.13. The van der Waals surface area contributed by atoms with Crippen LogP contribution in [0.15, 0.2) is 47.4 Å². The van der Waals surface area contributed by atoms with E-state index < -0.39 is 42.7 Å². The van der Waals surface area contributed by atoms with Crippen molar-refractivity contribution < 1.29 is 31.5 Å². The fourth-order valence-electron chi connectivity index (χ4n) is 2.95. The van der Waals surface area contributed by atoms with Crippen molar-refractivity contribution in [1.29, 1.82) is 0 Å². The Morgan fingerprint density at radius 2 is 1.83 bits per heavy atom. The Hall–Kier alpha value is -2.63. The molecule has 0 saturated carbocycles. The number of carbonyl (C=O) groups is 2. The van der Waals surface area contributed by atoms with Crippen molar-refractivity contribution in [3.05, 3.63) is 58.6 Å². The summed E-state index contributed by atoms with van der Waals surface area (Å²) in [5.41, 5.74) is -0.0669. The van der Waals surface area contributed by atoms with E-state index in [4.69, 9.17) is 16.7 Å². The van der Waals surface area contributed by atoms with Crippen molar-refractivity contribution in [2.75, 3.05) is 16.2 Å².